The minimum absolute atomic E-state index is 0.00445. The lowest BCUT2D eigenvalue weighted by Gasteiger charge is -2.11. The highest BCUT2D eigenvalue weighted by Crippen LogP contribution is 2.28. The van der Waals surface area contributed by atoms with E-state index in [4.69, 9.17) is 4.74 Å². The van der Waals surface area contributed by atoms with Crippen molar-refractivity contribution < 1.29 is 13.5 Å². The van der Waals surface area contributed by atoms with Gasteiger partial charge >= 0.3 is 0 Å². The van der Waals surface area contributed by atoms with Gasteiger partial charge in [0.1, 0.15) is 0 Å². The van der Waals surface area contributed by atoms with Crippen LogP contribution in [0.2, 0.25) is 0 Å². The minimum atomic E-state index is -2.92. The number of halogens is 2. The van der Waals surface area contributed by atoms with Crippen LogP contribution in [0.4, 0.5) is 8.78 Å². The van der Waals surface area contributed by atoms with E-state index < -0.39 is 5.92 Å². The van der Waals surface area contributed by atoms with Crippen molar-refractivity contribution in [1.29, 1.82) is 0 Å². The van der Waals surface area contributed by atoms with Gasteiger partial charge < -0.3 is 4.74 Å². The summed E-state index contributed by atoms with van der Waals surface area (Å²) in [7, 11) is 0. The lowest BCUT2D eigenvalue weighted by atomic mass is 10.1. The molecule has 94 valence electrons. The monoisotopic (exact) mass is 240 g/mol. The molecule has 1 rings (SSSR count). The molecule has 1 aromatic rings. The summed E-state index contributed by atoms with van der Waals surface area (Å²) in [6, 6.07) is 7.77. The van der Waals surface area contributed by atoms with Gasteiger partial charge in [-0.15, -0.1) is 0 Å². The molecule has 0 amide bonds. The van der Waals surface area contributed by atoms with Gasteiger partial charge in [0.15, 0.2) is 0 Å². The first-order valence-corrected chi connectivity index (χ1v) is 5.85. The molecule has 1 nitrogen and oxygen atoms in total. The van der Waals surface area contributed by atoms with Crippen LogP contribution in [0.15, 0.2) is 42.5 Å². The second-order valence-corrected chi connectivity index (χ2v) is 3.82. The van der Waals surface area contributed by atoms with Crippen LogP contribution in [0.3, 0.4) is 0 Å². The van der Waals surface area contributed by atoms with Gasteiger partial charge in [0, 0.05) is 12.2 Å². The smallest absolute Gasteiger partial charge is 0.291 e. The molecule has 3 heteroatoms. The third-order valence-corrected chi connectivity index (χ3v) is 2.34. The molecule has 0 spiro atoms. The number of alkyl halides is 2. The standard InChI is InChI=1S/C14H18F2O/c1-2-3-11-17-12-7-10-14(15,16)13-8-5-4-6-9-13/h4-10H,2-3,11-12H2,1H3/b10-7+. The second kappa shape index (κ2) is 7.17. The summed E-state index contributed by atoms with van der Waals surface area (Å²) in [6.45, 7) is 2.92. The third-order valence-electron chi connectivity index (χ3n) is 2.34. The molecule has 0 aliphatic rings. The molecule has 0 radical (unpaired) electrons. The Kier molecular flexibility index (Phi) is 5.84. The Morgan fingerprint density at radius 2 is 1.94 bits per heavy atom. The van der Waals surface area contributed by atoms with Crippen molar-refractivity contribution in [2.24, 2.45) is 0 Å². The summed E-state index contributed by atoms with van der Waals surface area (Å²) in [5.74, 6) is -2.92. The molecular formula is C14H18F2O. The van der Waals surface area contributed by atoms with Crippen LogP contribution >= 0.6 is 0 Å². The second-order valence-electron chi connectivity index (χ2n) is 3.82. The molecule has 0 heterocycles. The molecule has 0 fully saturated rings. The molecule has 0 aliphatic carbocycles. The minimum Gasteiger partial charge on any atom is -0.377 e. The van der Waals surface area contributed by atoms with E-state index in [-0.39, 0.29) is 12.2 Å². The van der Waals surface area contributed by atoms with Crippen molar-refractivity contribution in [3.63, 3.8) is 0 Å². The van der Waals surface area contributed by atoms with Gasteiger partial charge in [0.25, 0.3) is 5.92 Å². The van der Waals surface area contributed by atoms with Crippen LogP contribution in [-0.4, -0.2) is 13.2 Å². The summed E-state index contributed by atoms with van der Waals surface area (Å²) >= 11 is 0. The molecule has 0 bridgehead atoms. The Hall–Kier alpha value is -1.22. The van der Waals surface area contributed by atoms with Crippen molar-refractivity contribution in [2.45, 2.75) is 25.7 Å². The van der Waals surface area contributed by atoms with Crippen molar-refractivity contribution in [1.82, 2.24) is 0 Å². The Morgan fingerprint density at radius 1 is 1.24 bits per heavy atom. The first-order chi connectivity index (χ1) is 8.17. The largest absolute Gasteiger partial charge is 0.377 e. The molecule has 17 heavy (non-hydrogen) atoms. The van der Waals surface area contributed by atoms with Crippen LogP contribution in [0, 0.1) is 0 Å². The Bertz CT molecular complexity index is 333. The van der Waals surface area contributed by atoms with Crippen LogP contribution in [0.25, 0.3) is 0 Å². The van der Waals surface area contributed by atoms with E-state index in [1.54, 1.807) is 18.2 Å². The van der Waals surface area contributed by atoms with E-state index in [1.165, 1.54) is 18.2 Å². The maximum absolute atomic E-state index is 13.6. The Morgan fingerprint density at radius 3 is 2.59 bits per heavy atom. The van der Waals surface area contributed by atoms with Crippen LogP contribution in [0.1, 0.15) is 25.3 Å². The van der Waals surface area contributed by atoms with Gasteiger partial charge in [-0.05, 0) is 12.5 Å². The summed E-state index contributed by atoms with van der Waals surface area (Å²) in [5.41, 5.74) is 0.00445. The zero-order valence-electron chi connectivity index (χ0n) is 10.0. The fourth-order valence-electron chi connectivity index (χ4n) is 1.35. The maximum atomic E-state index is 13.6. The van der Waals surface area contributed by atoms with E-state index in [1.807, 2.05) is 0 Å². The van der Waals surface area contributed by atoms with Gasteiger partial charge in [-0.3, -0.25) is 0 Å². The lowest BCUT2D eigenvalue weighted by molar-refractivity contribution is 0.0506. The van der Waals surface area contributed by atoms with Gasteiger partial charge in [-0.1, -0.05) is 49.8 Å². The number of rotatable bonds is 7. The number of ether oxygens (including phenoxy) is 1. The predicted octanol–water partition coefficient (Wildman–Crippen LogP) is 4.15. The summed E-state index contributed by atoms with van der Waals surface area (Å²) in [4.78, 5) is 0. The highest BCUT2D eigenvalue weighted by Gasteiger charge is 2.26. The Balaban J connectivity index is 2.41. The topological polar surface area (TPSA) is 9.23 Å². The molecule has 0 aromatic heterocycles. The zero-order chi connectivity index (χ0) is 12.6. The van der Waals surface area contributed by atoms with Gasteiger partial charge in [-0.2, -0.15) is 8.78 Å². The summed E-state index contributed by atoms with van der Waals surface area (Å²) < 4.78 is 32.4. The summed E-state index contributed by atoms with van der Waals surface area (Å²) in [5, 5.41) is 0. The van der Waals surface area contributed by atoms with E-state index in [2.05, 4.69) is 6.92 Å². The Labute approximate surface area is 101 Å². The van der Waals surface area contributed by atoms with Crippen LogP contribution in [0.5, 0.6) is 0 Å². The lowest BCUT2D eigenvalue weighted by Crippen LogP contribution is -2.09. The van der Waals surface area contributed by atoms with Crippen molar-refractivity contribution in [3.05, 3.63) is 48.0 Å². The highest BCUT2D eigenvalue weighted by molar-refractivity contribution is 5.24. The molecule has 0 saturated carbocycles. The third kappa shape index (κ3) is 5.09. The predicted molar refractivity (Wildman–Crippen MR) is 65.2 cm³/mol. The number of unbranched alkanes of at least 4 members (excludes halogenated alkanes) is 1. The molecule has 0 unspecified atom stereocenters. The van der Waals surface area contributed by atoms with E-state index in [0.29, 0.717) is 6.61 Å². The van der Waals surface area contributed by atoms with Gasteiger partial charge in [-0.25, -0.2) is 0 Å². The molecule has 1 aromatic carbocycles. The number of hydrogen-bond acceptors (Lipinski definition) is 1. The van der Waals surface area contributed by atoms with Gasteiger partial charge in [0.05, 0.1) is 6.61 Å². The average molecular weight is 240 g/mol. The van der Waals surface area contributed by atoms with Gasteiger partial charge in [0.2, 0.25) is 0 Å². The van der Waals surface area contributed by atoms with Crippen molar-refractivity contribution in [2.75, 3.05) is 13.2 Å². The van der Waals surface area contributed by atoms with Crippen molar-refractivity contribution in [3.8, 4) is 0 Å². The zero-order valence-corrected chi connectivity index (χ0v) is 10.0. The summed E-state index contributed by atoms with van der Waals surface area (Å²) in [6.07, 6.45) is 4.28. The van der Waals surface area contributed by atoms with E-state index >= 15 is 0 Å². The van der Waals surface area contributed by atoms with Crippen LogP contribution in [-0.2, 0) is 10.7 Å². The normalized spacial score (nSPS) is 12.2. The molecule has 0 N–H and O–H groups in total. The highest BCUT2D eigenvalue weighted by atomic mass is 19.3. The fraction of sp³-hybridized carbons (Fsp3) is 0.429. The molecule has 0 atom stereocenters. The van der Waals surface area contributed by atoms with E-state index in [0.717, 1.165) is 18.9 Å². The first-order valence-electron chi connectivity index (χ1n) is 5.85. The first kappa shape index (κ1) is 13.8. The quantitative estimate of drug-likeness (QED) is 0.514. The number of hydrogen-bond donors (Lipinski definition) is 0. The molecule has 0 saturated heterocycles. The van der Waals surface area contributed by atoms with Crippen molar-refractivity contribution >= 4 is 0 Å². The number of benzene rings is 1. The number of allylic oxidation sites excluding steroid dienone is 1. The molecular weight excluding hydrogens is 222 g/mol. The van der Waals surface area contributed by atoms with Crippen LogP contribution < -0.4 is 0 Å². The maximum Gasteiger partial charge on any atom is 0.291 e. The molecule has 0 aliphatic heterocycles. The fourth-order valence-corrected chi connectivity index (χ4v) is 1.35. The average Bonchev–Trinajstić information content (AvgIpc) is 2.35. The SMILES string of the molecule is CCCCOC/C=C/C(F)(F)c1ccccc1. The van der Waals surface area contributed by atoms with E-state index in [9.17, 15) is 8.78 Å².